The van der Waals surface area contributed by atoms with Crippen molar-refractivity contribution in [3.05, 3.63) is 64.2 Å². The first-order valence-corrected chi connectivity index (χ1v) is 8.20. The molecule has 4 N–H and O–H groups in total. The van der Waals surface area contributed by atoms with E-state index in [4.69, 9.17) is 11.6 Å². The lowest BCUT2D eigenvalue weighted by molar-refractivity contribution is 0.214. The molecule has 0 aliphatic heterocycles. The van der Waals surface area contributed by atoms with Crippen LogP contribution < -0.4 is 10.6 Å². The van der Waals surface area contributed by atoms with Gasteiger partial charge < -0.3 is 20.8 Å². The van der Waals surface area contributed by atoms with Gasteiger partial charge in [-0.15, -0.1) is 0 Å². The second kappa shape index (κ2) is 7.11. The van der Waals surface area contributed by atoms with Gasteiger partial charge in [-0.3, -0.25) is 0 Å². The first kappa shape index (κ1) is 16.6. The standard InChI is InChI=1S/C18H19ClN2O3/c19-12-6-4-11(5-7-12)16(10-22)21-18(24)20-15-9-8-14-13(15)2-1-3-17(14)23/h1-7,15-16,22-23H,8-10H2,(H2,20,21,24). The van der Waals surface area contributed by atoms with E-state index in [1.165, 1.54) is 0 Å². The monoisotopic (exact) mass is 346 g/mol. The number of rotatable bonds is 4. The first-order valence-electron chi connectivity index (χ1n) is 7.82. The Balaban J connectivity index is 1.66. The zero-order valence-electron chi connectivity index (χ0n) is 13.0. The number of nitrogens with one attached hydrogen (secondary N) is 2. The van der Waals surface area contributed by atoms with Gasteiger partial charge in [0, 0.05) is 5.02 Å². The Hall–Kier alpha value is -2.24. The maximum Gasteiger partial charge on any atom is 0.315 e. The predicted molar refractivity (Wildman–Crippen MR) is 92.1 cm³/mol. The van der Waals surface area contributed by atoms with E-state index in [0.717, 1.165) is 29.5 Å². The Morgan fingerprint density at radius 3 is 2.71 bits per heavy atom. The van der Waals surface area contributed by atoms with E-state index in [2.05, 4.69) is 10.6 Å². The molecule has 1 aliphatic carbocycles. The SMILES string of the molecule is O=C(NC(CO)c1ccc(Cl)cc1)NC1CCc2c(O)cccc21. The van der Waals surface area contributed by atoms with Crippen LogP contribution in [0.4, 0.5) is 4.79 Å². The predicted octanol–water partition coefficient (Wildman–Crippen LogP) is 3.07. The summed E-state index contributed by atoms with van der Waals surface area (Å²) in [7, 11) is 0. The van der Waals surface area contributed by atoms with Crippen LogP contribution in [0.3, 0.4) is 0 Å². The number of amides is 2. The number of aliphatic hydroxyl groups excluding tert-OH is 1. The molecule has 2 unspecified atom stereocenters. The quantitative estimate of drug-likeness (QED) is 0.686. The highest BCUT2D eigenvalue weighted by Crippen LogP contribution is 2.36. The molecule has 0 saturated carbocycles. The Labute approximate surface area is 145 Å². The molecular formula is C18H19ClN2O3. The van der Waals surface area contributed by atoms with E-state index >= 15 is 0 Å². The third-order valence-corrected chi connectivity index (χ3v) is 4.56. The number of aliphatic hydroxyl groups is 1. The van der Waals surface area contributed by atoms with Crippen molar-refractivity contribution in [3.8, 4) is 5.75 Å². The first-order chi connectivity index (χ1) is 11.6. The summed E-state index contributed by atoms with van der Waals surface area (Å²) in [6, 6.07) is 11.3. The van der Waals surface area contributed by atoms with Crippen LogP contribution in [0, 0.1) is 0 Å². The number of carbonyl (C=O) groups excluding carboxylic acids is 1. The van der Waals surface area contributed by atoms with Crippen LogP contribution in [-0.2, 0) is 6.42 Å². The molecule has 0 fully saturated rings. The van der Waals surface area contributed by atoms with Crippen molar-refractivity contribution in [1.82, 2.24) is 10.6 Å². The number of halogens is 1. The number of phenolic OH excluding ortho intramolecular Hbond substituents is 1. The molecule has 1 aliphatic rings. The van der Waals surface area contributed by atoms with Gasteiger partial charge in [0.25, 0.3) is 0 Å². The minimum Gasteiger partial charge on any atom is -0.508 e. The number of aromatic hydroxyl groups is 1. The van der Waals surface area contributed by atoms with Crippen molar-refractivity contribution in [1.29, 1.82) is 0 Å². The smallest absolute Gasteiger partial charge is 0.315 e. The molecule has 2 aromatic rings. The van der Waals surface area contributed by atoms with Gasteiger partial charge in [0.2, 0.25) is 0 Å². The molecule has 126 valence electrons. The molecule has 0 radical (unpaired) electrons. The molecule has 24 heavy (non-hydrogen) atoms. The number of benzene rings is 2. The van der Waals surface area contributed by atoms with Gasteiger partial charge >= 0.3 is 6.03 Å². The van der Waals surface area contributed by atoms with Crippen LogP contribution in [0.2, 0.25) is 5.02 Å². The minimum atomic E-state index is -0.507. The van der Waals surface area contributed by atoms with E-state index in [1.807, 2.05) is 6.07 Å². The topological polar surface area (TPSA) is 81.6 Å². The van der Waals surface area contributed by atoms with Crippen molar-refractivity contribution in [2.24, 2.45) is 0 Å². The molecule has 0 spiro atoms. The van der Waals surface area contributed by atoms with Crippen molar-refractivity contribution in [2.75, 3.05) is 6.61 Å². The lowest BCUT2D eigenvalue weighted by Gasteiger charge is -2.20. The molecule has 2 amide bonds. The number of hydrogen-bond acceptors (Lipinski definition) is 3. The average molecular weight is 347 g/mol. The van der Waals surface area contributed by atoms with E-state index in [9.17, 15) is 15.0 Å². The molecule has 0 bridgehead atoms. The summed E-state index contributed by atoms with van der Waals surface area (Å²) in [5.41, 5.74) is 2.61. The van der Waals surface area contributed by atoms with Crippen LogP contribution in [0.25, 0.3) is 0 Å². The largest absolute Gasteiger partial charge is 0.508 e. The Morgan fingerprint density at radius 2 is 2.00 bits per heavy atom. The summed E-state index contributed by atoms with van der Waals surface area (Å²) in [4.78, 5) is 12.3. The summed E-state index contributed by atoms with van der Waals surface area (Å²) in [6.07, 6.45) is 1.47. The molecule has 6 heteroatoms. The maximum absolute atomic E-state index is 12.3. The second-order valence-corrected chi connectivity index (χ2v) is 6.28. The summed E-state index contributed by atoms with van der Waals surface area (Å²) >= 11 is 5.86. The molecule has 3 rings (SSSR count). The molecule has 0 saturated heterocycles. The molecule has 2 atom stereocenters. The molecule has 0 heterocycles. The summed E-state index contributed by atoms with van der Waals surface area (Å²) in [5.74, 6) is 0.270. The summed E-state index contributed by atoms with van der Waals surface area (Å²) in [6.45, 7) is -0.211. The molecule has 5 nitrogen and oxygen atoms in total. The minimum absolute atomic E-state index is 0.142. The van der Waals surface area contributed by atoms with Crippen LogP contribution in [-0.4, -0.2) is 22.9 Å². The zero-order valence-corrected chi connectivity index (χ0v) is 13.8. The zero-order chi connectivity index (χ0) is 17.1. The highest BCUT2D eigenvalue weighted by Gasteiger charge is 2.26. The summed E-state index contributed by atoms with van der Waals surface area (Å²) < 4.78 is 0. The molecular weight excluding hydrogens is 328 g/mol. The third-order valence-electron chi connectivity index (χ3n) is 4.31. The highest BCUT2D eigenvalue weighted by atomic mass is 35.5. The fraction of sp³-hybridized carbons (Fsp3) is 0.278. The average Bonchev–Trinajstić information content (AvgIpc) is 2.98. The Bertz CT molecular complexity index is 734. The van der Waals surface area contributed by atoms with Crippen molar-refractivity contribution >= 4 is 17.6 Å². The van der Waals surface area contributed by atoms with Crippen LogP contribution in [0.1, 0.15) is 35.2 Å². The van der Waals surface area contributed by atoms with E-state index < -0.39 is 6.04 Å². The van der Waals surface area contributed by atoms with Crippen LogP contribution >= 0.6 is 11.6 Å². The van der Waals surface area contributed by atoms with Gasteiger partial charge in [0.15, 0.2) is 0 Å². The van der Waals surface area contributed by atoms with E-state index in [-0.39, 0.29) is 24.4 Å². The number of carbonyl (C=O) groups is 1. The normalized spacial score (nSPS) is 17.2. The van der Waals surface area contributed by atoms with Gasteiger partial charge in [0.1, 0.15) is 5.75 Å². The second-order valence-electron chi connectivity index (χ2n) is 5.84. The van der Waals surface area contributed by atoms with Crippen molar-refractivity contribution < 1.29 is 15.0 Å². The van der Waals surface area contributed by atoms with E-state index in [1.54, 1.807) is 36.4 Å². The lowest BCUT2D eigenvalue weighted by Crippen LogP contribution is -2.40. The van der Waals surface area contributed by atoms with Crippen LogP contribution in [0.5, 0.6) is 5.75 Å². The van der Waals surface area contributed by atoms with Gasteiger partial charge in [-0.05, 0) is 47.7 Å². The number of urea groups is 1. The fourth-order valence-corrected chi connectivity index (χ4v) is 3.20. The highest BCUT2D eigenvalue weighted by molar-refractivity contribution is 6.30. The lowest BCUT2D eigenvalue weighted by atomic mass is 10.1. The number of phenols is 1. The van der Waals surface area contributed by atoms with Gasteiger partial charge in [-0.25, -0.2) is 4.79 Å². The Kier molecular flexibility index (Phi) is 4.92. The van der Waals surface area contributed by atoms with Crippen molar-refractivity contribution in [2.45, 2.75) is 24.9 Å². The van der Waals surface area contributed by atoms with Crippen molar-refractivity contribution in [3.63, 3.8) is 0 Å². The summed E-state index contributed by atoms with van der Waals surface area (Å²) in [5, 5.41) is 25.7. The fourth-order valence-electron chi connectivity index (χ4n) is 3.07. The van der Waals surface area contributed by atoms with E-state index in [0.29, 0.717) is 5.02 Å². The number of fused-ring (bicyclic) bond motifs is 1. The number of hydrogen-bond donors (Lipinski definition) is 4. The maximum atomic E-state index is 12.3. The third kappa shape index (κ3) is 3.47. The van der Waals surface area contributed by atoms with Gasteiger partial charge in [-0.2, -0.15) is 0 Å². The molecule has 2 aromatic carbocycles. The molecule has 0 aromatic heterocycles. The Morgan fingerprint density at radius 1 is 1.25 bits per heavy atom. The van der Waals surface area contributed by atoms with Gasteiger partial charge in [0.05, 0.1) is 18.7 Å². The van der Waals surface area contributed by atoms with Crippen LogP contribution in [0.15, 0.2) is 42.5 Å². The van der Waals surface area contributed by atoms with Gasteiger partial charge in [-0.1, -0.05) is 35.9 Å².